The molecule has 7 heteroatoms. The molecule has 166 valence electrons. The summed E-state index contributed by atoms with van der Waals surface area (Å²) in [7, 11) is 1.63. The summed E-state index contributed by atoms with van der Waals surface area (Å²) in [5.41, 5.74) is 4.08. The number of carbonyl (C=O) groups is 1. The Morgan fingerprint density at radius 1 is 1.12 bits per heavy atom. The molecule has 3 heterocycles. The summed E-state index contributed by atoms with van der Waals surface area (Å²) in [6.45, 7) is 3.11. The third-order valence-electron chi connectivity index (χ3n) is 5.63. The van der Waals surface area contributed by atoms with E-state index in [1.807, 2.05) is 73.7 Å². The van der Waals surface area contributed by atoms with Crippen LogP contribution in [0, 0.1) is 6.92 Å². The third kappa shape index (κ3) is 4.15. The molecule has 0 fully saturated rings. The Morgan fingerprint density at radius 3 is 2.85 bits per heavy atom. The molecule has 5 rings (SSSR count). The number of benzene rings is 2. The minimum Gasteiger partial charge on any atom is -0.493 e. The standard InChI is InChI=1S/C26H23N3O3S/c1-17-7-3-4-8-18(17)15-28-25(30)22-12-13-23(33-22)29-16-19-9-5-11-21(31-2)24(19)32-26-20(29)10-6-14-27-26/h3-14H,15-16H2,1-2H3,(H,28,30). The largest absolute Gasteiger partial charge is 0.493 e. The van der Waals surface area contributed by atoms with E-state index in [0.29, 0.717) is 35.3 Å². The molecule has 2 aromatic carbocycles. The van der Waals surface area contributed by atoms with E-state index < -0.39 is 0 Å². The molecule has 0 unspecified atom stereocenters. The Balaban J connectivity index is 1.43. The molecule has 0 spiro atoms. The molecule has 1 N–H and O–H groups in total. The number of hydrogen-bond donors (Lipinski definition) is 1. The van der Waals surface area contributed by atoms with Crippen LogP contribution in [0.4, 0.5) is 10.7 Å². The number of amides is 1. The second kappa shape index (κ2) is 8.96. The van der Waals surface area contributed by atoms with Crippen molar-refractivity contribution < 1.29 is 14.3 Å². The number of thiophene rings is 1. The quantitative estimate of drug-likeness (QED) is 0.408. The van der Waals surface area contributed by atoms with Gasteiger partial charge in [-0.15, -0.1) is 11.3 Å². The van der Waals surface area contributed by atoms with Crippen molar-refractivity contribution in [2.45, 2.75) is 20.0 Å². The van der Waals surface area contributed by atoms with Gasteiger partial charge in [-0.05, 0) is 48.4 Å². The van der Waals surface area contributed by atoms with Crippen molar-refractivity contribution in [3.63, 3.8) is 0 Å². The fourth-order valence-corrected chi connectivity index (χ4v) is 4.78. The number of aromatic nitrogens is 1. The van der Waals surface area contributed by atoms with E-state index in [4.69, 9.17) is 9.47 Å². The SMILES string of the molecule is COc1cccc2c1Oc1ncccc1N(c1ccc(C(=O)NCc3ccccc3C)s1)C2. The van der Waals surface area contributed by atoms with Crippen LogP contribution in [0.3, 0.4) is 0 Å². The van der Waals surface area contributed by atoms with Gasteiger partial charge in [0.05, 0.1) is 23.5 Å². The topological polar surface area (TPSA) is 63.7 Å². The van der Waals surface area contributed by atoms with E-state index >= 15 is 0 Å². The molecule has 0 saturated heterocycles. The Bertz CT molecular complexity index is 1320. The van der Waals surface area contributed by atoms with Crippen LogP contribution in [0.5, 0.6) is 17.4 Å². The monoisotopic (exact) mass is 457 g/mol. The highest BCUT2D eigenvalue weighted by Crippen LogP contribution is 2.45. The maximum absolute atomic E-state index is 12.8. The maximum Gasteiger partial charge on any atom is 0.261 e. The second-order valence-corrected chi connectivity index (χ2v) is 8.77. The van der Waals surface area contributed by atoms with E-state index in [0.717, 1.165) is 27.4 Å². The Hall–Kier alpha value is -3.84. The van der Waals surface area contributed by atoms with Gasteiger partial charge in [-0.2, -0.15) is 0 Å². The summed E-state index contributed by atoms with van der Waals surface area (Å²) in [6, 6.07) is 21.6. The number of aryl methyl sites for hydroxylation is 1. The zero-order valence-corrected chi connectivity index (χ0v) is 19.2. The number of para-hydroxylation sites is 1. The Labute approximate surface area is 196 Å². The maximum atomic E-state index is 12.8. The molecular weight excluding hydrogens is 434 g/mol. The smallest absolute Gasteiger partial charge is 0.261 e. The van der Waals surface area contributed by atoms with Crippen molar-refractivity contribution in [2.24, 2.45) is 0 Å². The zero-order valence-electron chi connectivity index (χ0n) is 18.4. The van der Waals surface area contributed by atoms with Gasteiger partial charge in [0.1, 0.15) is 5.69 Å². The number of carbonyl (C=O) groups excluding carboxylic acids is 1. The number of methoxy groups -OCH3 is 1. The van der Waals surface area contributed by atoms with Crippen LogP contribution in [0.1, 0.15) is 26.4 Å². The first-order valence-corrected chi connectivity index (χ1v) is 11.4. The van der Waals surface area contributed by atoms with E-state index in [2.05, 4.69) is 15.2 Å². The molecule has 0 radical (unpaired) electrons. The van der Waals surface area contributed by atoms with Gasteiger partial charge >= 0.3 is 0 Å². The lowest BCUT2D eigenvalue weighted by molar-refractivity contribution is 0.0955. The molecule has 0 atom stereocenters. The highest BCUT2D eigenvalue weighted by atomic mass is 32.1. The molecule has 1 aliphatic heterocycles. The highest BCUT2D eigenvalue weighted by Gasteiger charge is 2.26. The first kappa shape index (κ1) is 21.0. The molecular formula is C26H23N3O3S. The van der Waals surface area contributed by atoms with Crippen LogP contribution in [0.25, 0.3) is 0 Å². The molecule has 6 nitrogen and oxygen atoms in total. The second-order valence-electron chi connectivity index (χ2n) is 7.71. The minimum absolute atomic E-state index is 0.0888. The Kier molecular flexibility index (Phi) is 5.71. The summed E-state index contributed by atoms with van der Waals surface area (Å²) in [4.78, 5) is 20.1. The number of pyridine rings is 1. The van der Waals surface area contributed by atoms with Crippen LogP contribution in [-0.2, 0) is 13.1 Å². The lowest BCUT2D eigenvalue weighted by atomic mass is 10.1. The van der Waals surface area contributed by atoms with Gasteiger partial charge in [-0.3, -0.25) is 4.79 Å². The molecule has 0 saturated carbocycles. The number of nitrogens with one attached hydrogen (secondary N) is 1. The average Bonchev–Trinajstić information content (AvgIpc) is 3.26. The van der Waals surface area contributed by atoms with E-state index in [9.17, 15) is 4.79 Å². The summed E-state index contributed by atoms with van der Waals surface area (Å²) < 4.78 is 11.7. The first-order valence-electron chi connectivity index (χ1n) is 10.6. The molecule has 0 bridgehead atoms. The molecule has 4 aromatic rings. The van der Waals surface area contributed by atoms with Crippen molar-refractivity contribution in [3.05, 3.63) is 94.5 Å². The van der Waals surface area contributed by atoms with Crippen molar-refractivity contribution in [1.82, 2.24) is 10.3 Å². The van der Waals surface area contributed by atoms with E-state index in [1.165, 1.54) is 11.3 Å². The molecule has 0 aliphatic carbocycles. The predicted molar refractivity (Wildman–Crippen MR) is 130 cm³/mol. The number of fused-ring (bicyclic) bond motifs is 2. The van der Waals surface area contributed by atoms with Crippen molar-refractivity contribution >= 4 is 27.9 Å². The van der Waals surface area contributed by atoms with Gasteiger partial charge in [0.2, 0.25) is 5.88 Å². The van der Waals surface area contributed by atoms with Gasteiger partial charge in [-0.25, -0.2) is 4.98 Å². The number of nitrogens with zero attached hydrogens (tertiary/aromatic N) is 2. The third-order valence-corrected chi connectivity index (χ3v) is 6.74. The average molecular weight is 458 g/mol. The number of rotatable bonds is 5. The first-order chi connectivity index (χ1) is 16.1. The zero-order chi connectivity index (χ0) is 22.8. The van der Waals surface area contributed by atoms with Crippen LogP contribution < -0.4 is 19.7 Å². The van der Waals surface area contributed by atoms with E-state index in [-0.39, 0.29) is 5.91 Å². The van der Waals surface area contributed by atoms with Crippen molar-refractivity contribution in [1.29, 1.82) is 0 Å². The fourth-order valence-electron chi connectivity index (χ4n) is 3.84. The van der Waals surface area contributed by atoms with Gasteiger partial charge in [0, 0.05) is 18.3 Å². The van der Waals surface area contributed by atoms with Crippen LogP contribution in [0.15, 0.2) is 72.9 Å². The van der Waals surface area contributed by atoms with Gasteiger partial charge in [-0.1, -0.05) is 36.4 Å². The van der Waals surface area contributed by atoms with Gasteiger partial charge in [0.15, 0.2) is 11.5 Å². The molecule has 1 amide bonds. The van der Waals surface area contributed by atoms with Crippen LogP contribution in [-0.4, -0.2) is 18.0 Å². The summed E-state index contributed by atoms with van der Waals surface area (Å²) in [5, 5.41) is 3.97. The summed E-state index contributed by atoms with van der Waals surface area (Å²) in [6.07, 6.45) is 1.70. The lowest BCUT2D eigenvalue weighted by Gasteiger charge is -2.21. The fraction of sp³-hybridized carbons (Fsp3) is 0.154. The molecule has 2 aromatic heterocycles. The predicted octanol–water partition coefficient (Wildman–Crippen LogP) is 5.83. The molecule has 1 aliphatic rings. The lowest BCUT2D eigenvalue weighted by Crippen LogP contribution is -2.22. The molecule has 33 heavy (non-hydrogen) atoms. The van der Waals surface area contributed by atoms with Crippen LogP contribution in [0.2, 0.25) is 0 Å². The number of hydrogen-bond acceptors (Lipinski definition) is 6. The van der Waals surface area contributed by atoms with Gasteiger partial charge in [0.25, 0.3) is 5.91 Å². The number of anilines is 2. The van der Waals surface area contributed by atoms with Crippen LogP contribution >= 0.6 is 11.3 Å². The van der Waals surface area contributed by atoms with Gasteiger partial charge < -0.3 is 19.7 Å². The normalized spacial score (nSPS) is 12.2. The van der Waals surface area contributed by atoms with Crippen molar-refractivity contribution in [3.8, 4) is 17.4 Å². The summed E-state index contributed by atoms with van der Waals surface area (Å²) >= 11 is 1.44. The Morgan fingerprint density at radius 2 is 2.00 bits per heavy atom. The van der Waals surface area contributed by atoms with E-state index in [1.54, 1.807) is 13.3 Å². The van der Waals surface area contributed by atoms with Crippen molar-refractivity contribution in [2.75, 3.05) is 12.0 Å². The minimum atomic E-state index is -0.0888. The number of ether oxygens (including phenoxy) is 2. The highest BCUT2D eigenvalue weighted by molar-refractivity contribution is 7.18. The summed E-state index contributed by atoms with van der Waals surface area (Å²) in [5.74, 6) is 1.73.